The van der Waals surface area contributed by atoms with Crippen LogP contribution in [0.25, 0.3) is 0 Å². The molecule has 1 N–H and O–H groups in total. The average Bonchev–Trinajstić information content (AvgIpc) is 3.47. The molecule has 0 bridgehead atoms. The number of piperidine rings is 1. The summed E-state index contributed by atoms with van der Waals surface area (Å²) >= 11 is 6.12. The van der Waals surface area contributed by atoms with E-state index in [4.69, 9.17) is 11.6 Å². The summed E-state index contributed by atoms with van der Waals surface area (Å²) in [4.78, 5) is 9.23. The van der Waals surface area contributed by atoms with E-state index in [1.165, 1.54) is 0 Å². The van der Waals surface area contributed by atoms with Crippen LogP contribution in [0, 0.1) is 6.92 Å². The number of nitrogens with zero attached hydrogens (tertiary/aromatic N) is 3. The van der Waals surface area contributed by atoms with E-state index in [0.717, 1.165) is 42.9 Å². The summed E-state index contributed by atoms with van der Waals surface area (Å²) in [5, 5.41) is 3.86. The van der Waals surface area contributed by atoms with Crippen molar-refractivity contribution < 1.29 is 8.42 Å². The molecule has 0 spiro atoms. The normalized spacial score (nSPS) is 19.2. The van der Waals surface area contributed by atoms with Crippen molar-refractivity contribution in [1.29, 1.82) is 0 Å². The highest BCUT2D eigenvalue weighted by Crippen LogP contribution is 2.39. The van der Waals surface area contributed by atoms with Crippen LogP contribution in [0.2, 0.25) is 5.15 Å². The van der Waals surface area contributed by atoms with E-state index in [1.807, 2.05) is 19.1 Å². The highest BCUT2D eigenvalue weighted by atomic mass is 35.5. The van der Waals surface area contributed by atoms with E-state index in [9.17, 15) is 8.42 Å². The SMILES string of the molecule is Cc1ccc(S(=O)(=O)N2CCC(Nc3cc(Cl)nc(C4CC4)n3)CC2)cc1. The topological polar surface area (TPSA) is 75.2 Å². The van der Waals surface area contributed by atoms with E-state index in [-0.39, 0.29) is 6.04 Å². The molecule has 1 aliphatic heterocycles. The molecule has 2 aliphatic rings. The Kier molecular flexibility index (Phi) is 5.09. The van der Waals surface area contributed by atoms with E-state index >= 15 is 0 Å². The van der Waals surface area contributed by atoms with Crippen LogP contribution >= 0.6 is 11.6 Å². The van der Waals surface area contributed by atoms with Crippen molar-refractivity contribution in [2.24, 2.45) is 0 Å². The maximum atomic E-state index is 12.8. The quantitative estimate of drug-likeness (QED) is 0.768. The first-order valence-corrected chi connectivity index (χ1v) is 11.1. The molecule has 27 heavy (non-hydrogen) atoms. The van der Waals surface area contributed by atoms with Gasteiger partial charge in [0.1, 0.15) is 16.8 Å². The van der Waals surface area contributed by atoms with Crippen molar-refractivity contribution in [2.45, 2.75) is 49.5 Å². The molecule has 6 nitrogen and oxygen atoms in total. The predicted octanol–water partition coefficient (Wildman–Crippen LogP) is 3.58. The second-order valence-electron chi connectivity index (χ2n) is 7.34. The number of halogens is 1. The fourth-order valence-electron chi connectivity index (χ4n) is 3.34. The fraction of sp³-hybridized carbons (Fsp3) is 0.474. The van der Waals surface area contributed by atoms with Gasteiger partial charge in [-0.3, -0.25) is 0 Å². The van der Waals surface area contributed by atoms with Gasteiger partial charge in [-0.25, -0.2) is 18.4 Å². The molecular weight excluding hydrogens is 384 g/mol. The molecule has 0 radical (unpaired) electrons. The van der Waals surface area contributed by atoms with Crippen molar-refractivity contribution in [2.75, 3.05) is 18.4 Å². The lowest BCUT2D eigenvalue weighted by Gasteiger charge is -2.32. The van der Waals surface area contributed by atoms with Crippen molar-refractivity contribution in [3.63, 3.8) is 0 Å². The van der Waals surface area contributed by atoms with E-state index in [1.54, 1.807) is 22.5 Å². The number of sulfonamides is 1. The van der Waals surface area contributed by atoms with E-state index < -0.39 is 10.0 Å². The van der Waals surface area contributed by atoms with Gasteiger partial charge in [-0.2, -0.15) is 4.31 Å². The Bertz CT molecular complexity index is 921. The molecule has 1 aliphatic carbocycles. The first-order chi connectivity index (χ1) is 12.9. The number of hydrogen-bond acceptors (Lipinski definition) is 5. The number of aromatic nitrogens is 2. The van der Waals surface area contributed by atoms with Crippen LogP contribution in [0.4, 0.5) is 5.82 Å². The smallest absolute Gasteiger partial charge is 0.243 e. The fourth-order valence-corrected chi connectivity index (χ4v) is 5.00. The number of aryl methyl sites for hydroxylation is 1. The maximum absolute atomic E-state index is 12.8. The Morgan fingerprint density at radius 2 is 1.74 bits per heavy atom. The largest absolute Gasteiger partial charge is 0.367 e. The van der Waals surface area contributed by atoms with Gasteiger partial charge in [0.15, 0.2) is 0 Å². The summed E-state index contributed by atoms with van der Waals surface area (Å²) in [7, 11) is -3.43. The molecule has 2 aromatic rings. The number of nitrogens with one attached hydrogen (secondary N) is 1. The lowest BCUT2D eigenvalue weighted by molar-refractivity contribution is 0.329. The van der Waals surface area contributed by atoms with Gasteiger partial charge in [0.25, 0.3) is 0 Å². The van der Waals surface area contributed by atoms with E-state index in [0.29, 0.717) is 29.1 Å². The van der Waals surface area contributed by atoms with Gasteiger partial charge in [0, 0.05) is 31.1 Å². The molecule has 0 unspecified atom stereocenters. The zero-order valence-electron chi connectivity index (χ0n) is 15.2. The van der Waals surface area contributed by atoms with Gasteiger partial charge >= 0.3 is 0 Å². The van der Waals surface area contributed by atoms with Crippen LogP contribution in [0.15, 0.2) is 35.2 Å². The Balaban J connectivity index is 1.39. The first-order valence-electron chi connectivity index (χ1n) is 9.29. The minimum atomic E-state index is -3.43. The molecule has 144 valence electrons. The van der Waals surface area contributed by atoms with Crippen LogP contribution < -0.4 is 5.32 Å². The van der Waals surface area contributed by atoms with Crippen LogP contribution in [0.3, 0.4) is 0 Å². The summed E-state index contributed by atoms with van der Waals surface area (Å²) in [5.74, 6) is 1.98. The van der Waals surface area contributed by atoms with Gasteiger partial charge in [-0.15, -0.1) is 0 Å². The Morgan fingerprint density at radius 1 is 1.07 bits per heavy atom. The van der Waals surface area contributed by atoms with Crippen molar-refractivity contribution >= 4 is 27.4 Å². The van der Waals surface area contributed by atoms with Gasteiger partial charge < -0.3 is 5.32 Å². The molecule has 1 aromatic carbocycles. The standard InChI is InChI=1S/C19H23ClN4O2S/c1-13-2-6-16(7-3-13)27(25,26)24-10-8-15(9-11-24)21-18-12-17(20)22-19(23-18)14-4-5-14/h2-3,6-7,12,14-15H,4-5,8-11H2,1H3,(H,21,22,23). The van der Waals surface area contributed by atoms with Crippen LogP contribution in [-0.4, -0.2) is 41.8 Å². The third-order valence-electron chi connectivity index (χ3n) is 5.12. The number of rotatable bonds is 5. The third-order valence-corrected chi connectivity index (χ3v) is 7.23. The zero-order valence-corrected chi connectivity index (χ0v) is 16.8. The second kappa shape index (κ2) is 7.37. The maximum Gasteiger partial charge on any atom is 0.243 e. The summed E-state index contributed by atoms with van der Waals surface area (Å²) in [6.45, 7) is 2.92. The summed E-state index contributed by atoms with van der Waals surface area (Å²) in [6.07, 6.45) is 3.70. The minimum absolute atomic E-state index is 0.174. The molecular formula is C19H23ClN4O2S. The Morgan fingerprint density at radius 3 is 2.37 bits per heavy atom. The van der Waals surface area contributed by atoms with Crippen LogP contribution in [-0.2, 0) is 10.0 Å². The molecule has 1 aromatic heterocycles. The zero-order chi connectivity index (χ0) is 19.0. The minimum Gasteiger partial charge on any atom is -0.367 e. The molecule has 8 heteroatoms. The van der Waals surface area contributed by atoms with Gasteiger partial charge in [0.05, 0.1) is 4.90 Å². The monoisotopic (exact) mass is 406 g/mol. The molecule has 0 amide bonds. The first kappa shape index (κ1) is 18.7. The Hall–Kier alpha value is -1.70. The number of benzene rings is 1. The Labute approximate surface area is 165 Å². The molecule has 2 heterocycles. The highest BCUT2D eigenvalue weighted by Gasteiger charge is 2.30. The lowest BCUT2D eigenvalue weighted by Crippen LogP contribution is -2.42. The van der Waals surface area contributed by atoms with Crippen molar-refractivity contribution in [3.8, 4) is 0 Å². The summed E-state index contributed by atoms with van der Waals surface area (Å²) in [6, 6.07) is 8.93. The molecule has 0 atom stereocenters. The number of anilines is 1. The van der Waals surface area contributed by atoms with Crippen molar-refractivity contribution in [3.05, 3.63) is 46.9 Å². The predicted molar refractivity (Wildman–Crippen MR) is 106 cm³/mol. The number of hydrogen-bond donors (Lipinski definition) is 1. The molecule has 2 fully saturated rings. The van der Waals surface area contributed by atoms with Crippen LogP contribution in [0.1, 0.15) is 43.0 Å². The van der Waals surface area contributed by atoms with Gasteiger partial charge in [0.2, 0.25) is 10.0 Å². The third kappa shape index (κ3) is 4.25. The van der Waals surface area contributed by atoms with Gasteiger partial charge in [-0.05, 0) is 44.7 Å². The summed E-state index contributed by atoms with van der Waals surface area (Å²) < 4.78 is 27.2. The molecule has 1 saturated heterocycles. The molecule has 1 saturated carbocycles. The molecule has 4 rings (SSSR count). The summed E-state index contributed by atoms with van der Waals surface area (Å²) in [5.41, 5.74) is 1.05. The highest BCUT2D eigenvalue weighted by molar-refractivity contribution is 7.89. The van der Waals surface area contributed by atoms with E-state index in [2.05, 4.69) is 15.3 Å². The lowest BCUT2D eigenvalue weighted by atomic mass is 10.1. The van der Waals surface area contributed by atoms with Crippen molar-refractivity contribution in [1.82, 2.24) is 14.3 Å². The van der Waals surface area contributed by atoms with Gasteiger partial charge in [-0.1, -0.05) is 29.3 Å². The van der Waals surface area contributed by atoms with Crippen LogP contribution in [0.5, 0.6) is 0 Å². The average molecular weight is 407 g/mol. The second-order valence-corrected chi connectivity index (χ2v) is 9.67.